The fourth-order valence-corrected chi connectivity index (χ4v) is 3.34. The number of hydrogen-bond donors (Lipinski definition) is 1. The largest absolute Gasteiger partial charge is 0.494 e. The fraction of sp³-hybridized carbons (Fsp3) is 0.353. The van der Waals surface area contributed by atoms with Gasteiger partial charge in [-0.05, 0) is 38.0 Å². The second kappa shape index (κ2) is 7.44. The van der Waals surface area contributed by atoms with Crippen LogP contribution in [0.4, 0.5) is 5.13 Å². The summed E-state index contributed by atoms with van der Waals surface area (Å²) in [5.41, 5.74) is 0.537. The van der Waals surface area contributed by atoms with Gasteiger partial charge in [0.05, 0.1) is 6.61 Å². The Bertz CT molecular complexity index is 718. The zero-order valence-corrected chi connectivity index (χ0v) is 14.2. The maximum absolute atomic E-state index is 12.8. The maximum atomic E-state index is 12.8. The predicted octanol–water partition coefficient (Wildman–Crippen LogP) is 2.79. The highest BCUT2D eigenvalue weighted by Gasteiger charge is 2.34. The minimum absolute atomic E-state index is 0.145. The first-order valence-corrected chi connectivity index (χ1v) is 8.81. The van der Waals surface area contributed by atoms with E-state index in [1.807, 2.05) is 13.0 Å². The highest BCUT2D eigenvalue weighted by atomic mass is 32.1. The van der Waals surface area contributed by atoms with Crippen molar-refractivity contribution in [2.75, 3.05) is 18.5 Å². The van der Waals surface area contributed by atoms with Crippen LogP contribution in [0, 0.1) is 0 Å². The van der Waals surface area contributed by atoms with Crippen LogP contribution in [-0.2, 0) is 4.79 Å². The number of amides is 2. The van der Waals surface area contributed by atoms with E-state index in [9.17, 15) is 9.59 Å². The molecule has 0 saturated carbocycles. The number of carbonyl (C=O) groups excluding carboxylic acids is 2. The van der Waals surface area contributed by atoms with E-state index in [1.165, 1.54) is 11.3 Å². The molecule has 0 bridgehead atoms. The molecule has 1 aliphatic rings. The number of benzene rings is 1. The summed E-state index contributed by atoms with van der Waals surface area (Å²) >= 11 is 1.36. The lowest BCUT2D eigenvalue weighted by Gasteiger charge is -2.23. The summed E-state index contributed by atoms with van der Waals surface area (Å²) in [7, 11) is 0. The van der Waals surface area contributed by atoms with Crippen molar-refractivity contribution in [3.63, 3.8) is 0 Å². The van der Waals surface area contributed by atoms with Crippen molar-refractivity contribution in [1.82, 2.24) is 9.88 Å². The number of thiazole rings is 1. The summed E-state index contributed by atoms with van der Waals surface area (Å²) in [6.07, 6.45) is 3.11. The summed E-state index contributed by atoms with van der Waals surface area (Å²) in [6.45, 7) is 3.02. The van der Waals surface area contributed by atoms with Crippen molar-refractivity contribution in [3.8, 4) is 5.75 Å². The molecule has 1 fully saturated rings. The predicted molar refractivity (Wildman–Crippen MR) is 92.4 cm³/mol. The van der Waals surface area contributed by atoms with Crippen LogP contribution in [0.2, 0.25) is 0 Å². The van der Waals surface area contributed by atoms with Crippen molar-refractivity contribution in [2.24, 2.45) is 0 Å². The number of aromatic nitrogens is 1. The van der Waals surface area contributed by atoms with Gasteiger partial charge in [0.25, 0.3) is 5.91 Å². The van der Waals surface area contributed by atoms with Gasteiger partial charge in [-0.15, -0.1) is 11.3 Å². The van der Waals surface area contributed by atoms with E-state index in [0.717, 1.165) is 6.42 Å². The zero-order chi connectivity index (χ0) is 16.9. The summed E-state index contributed by atoms with van der Waals surface area (Å²) < 4.78 is 5.45. The molecule has 1 N–H and O–H groups in total. The van der Waals surface area contributed by atoms with Gasteiger partial charge in [-0.3, -0.25) is 9.59 Å². The second-order valence-electron chi connectivity index (χ2n) is 5.44. The number of nitrogens with zero attached hydrogens (tertiary/aromatic N) is 2. The Morgan fingerprint density at radius 1 is 1.46 bits per heavy atom. The number of nitrogens with one attached hydrogen (secondary N) is 1. The SMILES string of the molecule is CCOc1cccc(C(=O)N2CCC[C@@H]2C(=O)Nc2nccs2)c1. The average molecular weight is 345 g/mol. The van der Waals surface area contributed by atoms with Crippen LogP contribution in [0.25, 0.3) is 0 Å². The molecule has 24 heavy (non-hydrogen) atoms. The topological polar surface area (TPSA) is 71.5 Å². The van der Waals surface area contributed by atoms with Crippen LogP contribution in [0.1, 0.15) is 30.1 Å². The molecule has 126 valence electrons. The number of carbonyl (C=O) groups is 2. The molecule has 2 amide bonds. The first kappa shape index (κ1) is 16.4. The molecule has 1 saturated heterocycles. The molecule has 0 radical (unpaired) electrons. The van der Waals surface area contributed by atoms with Gasteiger partial charge in [-0.25, -0.2) is 4.98 Å². The first-order valence-electron chi connectivity index (χ1n) is 7.93. The number of anilines is 1. The van der Waals surface area contributed by atoms with Crippen molar-refractivity contribution >= 4 is 28.3 Å². The third kappa shape index (κ3) is 3.56. The third-order valence-electron chi connectivity index (χ3n) is 3.87. The molecule has 1 aromatic heterocycles. The summed E-state index contributed by atoms with van der Waals surface area (Å²) in [5, 5.41) is 5.13. The Kier molecular flexibility index (Phi) is 5.10. The Morgan fingerprint density at radius 2 is 2.33 bits per heavy atom. The molecule has 7 heteroatoms. The average Bonchev–Trinajstić information content (AvgIpc) is 3.26. The van der Waals surface area contributed by atoms with E-state index in [2.05, 4.69) is 10.3 Å². The lowest BCUT2D eigenvalue weighted by Crippen LogP contribution is -2.43. The van der Waals surface area contributed by atoms with Gasteiger partial charge in [-0.2, -0.15) is 0 Å². The fourth-order valence-electron chi connectivity index (χ4n) is 2.81. The lowest BCUT2D eigenvalue weighted by atomic mass is 10.1. The van der Waals surface area contributed by atoms with Gasteiger partial charge in [0, 0.05) is 23.7 Å². The van der Waals surface area contributed by atoms with E-state index in [0.29, 0.717) is 36.0 Å². The van der Waals surface area contributed by atoms with Gasteiger partial charge < -0.3 is 15.0 Å². The molecule has 0 spiro atoms. The quantitative estimate of drug-likeness (QED) is 0.904. The molecule has 2 aromatic rings. The van der Waals surface area contributed by atoms with Crippen LogP contribution in [0.3, 0.4) is 0 Å². The summed E-state index contributed by atoms with van der Waals surface area (Å²) in [5.74, 6) is 0.330. The van der Waals surface area contributed by atoms with Crippen LogP contribution >= 0.6 is 11.3 Å². The van der Waals surface area contributed by atoms with Gasteiger partial charge >= 0.3 is 0 Å². The van der Waals surface area contributed by atoms with Crippen LogP contribution in [-0.4, -0.2) is 40.9 Å². The summed E-state index contributed by atoms with van der Waals surface area (Å²) in [6, 6.07) is 6.62. The number of likely N-dealkylation sites (tertiary alicyclic amines) is 1. The Morgan fingerprint density at radius 3 is 3.08 bits per heavy atom. The maximum Gasteiger partial charge on any atom is 0.254 e. The molecular formula is C17H19N3O3S. The molecular weight excluding hydrogens is 326 g/mol. The van der Waals surface area contributed by atoms with Crippen molar-refractivity contribution in [3.05, 3.63) is 41.4 Å². The van der Waals surface area contributed by atoms with Gasteiger partial charge in [0.1, 0.15) is 11.8 Å². The Balaban J connectivity index is 1.73. The third-order valence-corrected chi connectivity index (χ3v) is 4.56. The zero-order valence-electron chi connectivity index (χ0n) is 13.4. The van der Waals surface area contributed by atoms with E-state index < -0.39 is 6.04 Å². The Hall–Kier alpha value is -2.41. The van der Waals surface area contributed by atoms with E-state index in [1.54, 1.807) is 34.7 Å². The van der Waals surface area contributed by atoms with Crippen LogP contribution < -0.4 is 10.1 Å². The molecule has 1 aliphatic heterocycles. The Labute approximate surface area is 144 Å². The number of hydrogen-bond acceptors (Lipinski definition) is 5. The molecule has 0 aliphatic carbocycles. The standard InChI is InChI=1S/C17H19N3O3S/c1-2-23-13-6-3-5-12(11-13)16(22)20-9-4-7-14(20)15(21)19-17-18-8-10-24-17/h3,5-6,8,10-11,14H,2,4,7,9H2,1H3,(H,18,19,21)/t14-/m1/s1. The highest BCUT2D eigenvalue weighted by Crippen LogP contribution is 2.23. The van der Waals surface area contributed by atoms with Crippen molar-refractivity contribution in [1.29, 1.82) is 0 Å². The van der Waals surface area contributed by atoms with Gasteiger partial charge in [0.2, 0.25) is 5.91 Å². The van der Waals surface area contributed by atoms with Gasteiger partial charge in [0.15, 0.2) is 5.13 Å². The molecule has 0 unspecified atom stereocenters. The first-order chi connectivity index (χ1) is 11.7. The number of rotatable bonds is 5. The molecule has 2 heterocycles. The molecule has 1 atom stereocenters. The summed E-state index contributed by atoms with van der Waals surface area (Å²) in [4.78, 5) is 31.0. The normalized spacial score (nSPS) is 16.9. The van der Waals surface area contributed by atoms with E-state index in [4.69, 9.17) is 4.74 Å². The highest BCUT2D eigenvalue weighted by molar-refractivity contribution is 7.13. The molecule has 6 nitrogen and oxygen atoms in total. The molecule has 1 aromatic carbocycles. The van der Waals surface area contributed by atoms with Crippen LogP contribution in [0.5, 0.6) is 5.75 Å². The van der Waals surface area contributed by atoms with Crippen molar-refractivity contribution in [2.45, 2.75) is 25.8 Å². The minimum atomic E-state index is -0.461. The monoisotopic (exact) mass is 345 g/mol. The molecule has 3 rings (SSSR count). The van der Waals surface area contributed by atoms with Gasteiger partial charge in [-0.1, -0.05) is 6.07 Å². The van der Waals surface area contributed by atoms with Crippen molar-refractivity contribution < 1.29 is 14.3 Å². The smallest absolute Gasteiger partial charge is 0.254 e. The van der Waals surface area contributed by atoms with E-state index in [-0.39, 0.29) is 11.8 Å². The van der Waals surface area contributed by atoms with E-state index >= 15 is 0 Å². The van der Waals surface area contributed by atoms with Crippen LogP contribution in [0.15, 0.2) is 35.8 Å². The number of ether oxygens (including phenoxy) is 1. The minimum Gasteiger partial charge on any atom is -0.494 e. The second-order valence-corrected chi connectivity index (χ2v) is 6.34. The lowest BCUT2D eigenvalue weighted by molar-refractivity contribution is -0.119.